The summed E-state index contributed by atoms with van der Waals surface area (Å²) in [6.45, 7) is 2.50. The Labute approximate surface area is 146 Å². The highest BCUT2D eigenvalue weighted by atomic mass is 16.4. The number of nitrogens with zero attached hydrogens (tertiary/aromatic N) is 3. The van der Waals surface area contributed by atoms with Gasteiger partial charge in [-0.25, -0.2) is 14.8 Å². The number of aromatic nitrogens is 2. The summed E-state index contributed by atoms with van der Waals surface area (Å²) in [5, 5.41) is 21.5. The highest BCUT2D eigenvalue weighted by Crippen LogP contribution is 2.22. The minimum absolute atomic E-state index is 0.207. The first-order chi connectivity index (χ1) is 12.2. The third-order valence-electron chi connectivity index (χ3n) is 4.43. The van der Waals surface area contributed by atoms with E-state index in [1.54, 1.807) is 24.3 Å². The number of rotatable bonds is 6. The lowest BCUT2D eigenvalue weighted by Crippen LogP contribution is -2.37. The largest absolute Gasteiger partial charge is 0.478 e. The van der Waals surface area contributed by atoms with Gasteiger partial charge in [-0.15, -0.1) is 0 Å². The molecule has 1 saturated heterocycles. The van der Waals surface area contributed by atoms with Gasteiger partial charge in [0.15, 0.2) is 0 Å². The zero-order valence-corrected chi connectivity index (χ0v) is 13.9. The fraction of sp³-hybridized carbons (Fsp3) is 0.389. The van der Waals surface area contributed by atoms with Crippen LogP contribution in [0, 0.1) is 5.92 Å². The molecule has 2 aromatic rings. The summed E-state index contributed by atoms with van der Waals surface area (Å²) < 4.78 is 0. The fourth-order valence-corrected chi connectivity index (χ4v) is 3.00. The van der Waals surface area contributed by atoms with E-state index in [2.05, 4.69) is 20.2 Å². The third-order valence-corrected chi connectivity index (χ3v) is 4.43. The van der Waals surface area contributed by atoms with Crippen LogP contribution < -0.4 is 10.2 Å². The summed E-state index contributed by atoms with van der Waals surface area (Å²) in [6, 6.07) is 8.66. The predicted octanol–water partition coefficient (Wildman–Crippen LogP) is 2.00. The van der Waals surface area contributed by atoms with Crippen LogP contribution in [0.15, 0.2) is 36.7 Å². The molecule has 0 bridgehead atoms. The highest BCUT2D eigenvalue weighted by molar-refractivity contribution is 5.87. The van der Waals surface area contributed by atoms with Crippen LogP contribution in [0.5, 0.6) is 0 Å². The summed E-state index contributed by atoms with van der Waals surface area (Å²) >= 11 is 0. The van der Waals surface area contributed by atoms with Gasteiger partial charge in [-0.2, -0.15) is 0 Å². The quantitative estimate of drug-likeness (QED) is 0.738. The van der Waals surface area contributed by atoms with Gasteiger partial charge < -0.3 is 20.4 Å². The molecule has 1 atom stereocenters. The Morgan fingerprint density at radius 2 is 2.08 bits per heavy atom. The maximum absolute atomic E-state index is 10.9. The van der Waals surface area contributed by atoms with Crippen LogP contribution in [0.1, 0.15) is 28.8 Å². The summed E-state index contributed by atoms with van der Waals surface area (Å²) in [6.07, 6.45) is 3.64. The van der Waals surface area contributed by atoms with Gasteiger partial charge in [0.25, 0.3) is 0 Å². The zero-order chi connectivity index (χ0) is 17.6. The molecular formula is C18H22N4O3. The molecule has 1 aromatic heterocycles. The lowest BCUT2D eigenvalue weighted by molar-refractivity contribution is 0.0697. The van der Waals surface area contributed by atoms with Crippen molar-refractivity contribution in [1.29, 1.82) is 0 Å². The number of carbonyl (C=O) groups is 1. The number of hydrogen-bond acceptors (Lipinski definition) is 6. The van der Waals surface area contributed by atoms with E-state index in [1.807, 2.05) is 6.07 Å². The molecule has 2 heterocycles. The van der Waals surface area contributed by atoms with Crippen LogP contribution in [-0.4, -0.2) is 45.8 Å². The molecule has 1 unspecified atom stereocenters. The van der Waals surface area contributed by atoms with Crippen molar-refractivity contribution in [2.45, 2.75) is 19.4 Å². The number of anilines is 2. The monoisotopic (exact) mass is 342 g/mol. The second-order valence-corrected chi connectivity index (χ2v) is 6.25. The first-order valence-corrected chi connectivity index (χ1v) is 8.39. The molecule has 3 rings (SSSR count). The number of carboxylic acids is 1. The van der Waals surface area contributed by atoms with Crippen LogP contribution in [0.2, 0.25) is 0 Å². The van der Waals surface area contributed by atoms with E-state index in [-0.39, 0.29) is 12.2 Å². The normalized spacial score (nSPS) is 17.3. The highest BCUT2D eigenvalue weighted by Gasteiger charge is 2.20. The zero-order valence-electron chi connectivity index (χ0n) is 13.9. The summed E-state index contributed by atoms with van der Waals surface area (Å²) in [5.74, 6) is 0.950. The number of nitrogens with one attached hydrogen (secondary N) is 1. The SMILES string of the molecule is O=C(O)c1ccc(CNc2cc(N3CCCC(CO)C3)ncn2)cc1. The molecule has 132 valence electrons. The lowest BCUT2D eigenvalue weighted by Gasteiger charge is -2.32. The van der Waals surface area contributed by atoms with E-state index in [0.29, 0.717) is 12.5 Å². The van der Waals surface area contributed by atoms with Gasteiger partial charge in [0, 0.05) is 32.3 Å². The van der Waals surface area contributed by atoms with E-state index in [4.69, 9.17) is 5.11 Å². The van der Waals surface area contributed by atoms with Gasteiger partial charge in [-0.1, -0.05) is 12.1 Å². The standard InChI is InChI=1S/C18H22N4O3/c23-11-14-2-1-7-22(10-14)17-8-16(20-12-21-17)19-9-13-3-5-15(6-4-13)18(24)25/h3-6,8,12,14,23H,1-2,7,9-11H2,(H,24,25)(H,19,20,21). The minimum Gasteiger partial charge on any atom is -0.478 e. The van der Waals surface area contributed by atoms with Crippen molar-refractivity contribution < 1.29 is 15.0 Å². The lowest BCUT2D eigenvalue weighted by atomic mass is 9.99. The number of benzene rings is 1. The summed E-state index contributed by atoms with van der Waals surface area (Å²) in [5.41, 5.74) is 1.25. The number of aromatic carboxylic acids is 1. The molecule has 1 aromatic carbocycles. The van der Waals surface area contributed by atoms with Gasteiger partial charge in [0.1, 0.15) is 18.0 Å². The number of aliphatic hydroxyl groups excluding tert-OH is 1. The Morgan fingerprint density at radius 1 is 1.28 bits per heavy atom. The minimum atomic E-state index is -0.928. The van der Waals surface area contributed by atoms with Crippen molar-refractivity contribution >= 4 is 17.6 Å². The first kappa shape index (κ1) is 17.2. The molecule has 1 fully saturated rings. The van der Waals surface area contributed by atoms with E-state index in [1.165, 1.54) is 6.33 Å². The van der Waals surface area contributed by atoms with Crippen LogP contribution in [0.4, 0.5) is 11.6 Å². The number of carboxylic acid groups (broad SMARTS) is 1. The third kappa shape index (κ3) is 4.45. The average molecular weight is 342 g/mol. The smallest absolute Gasteiger partial charge is 0.335 e. The number of aliphatic hydroxyl groups is 1. The molecule has 0 saturated carbocycles. The Hall–Kier alpha value is -2.67. The molecule has 0 amide bonds. The fourth-order valence-electron chi connectivity index (χ4n) is 3.00. The van der Waals surface area contributed by atoms with Crippen LogP contribution >= 0.6 is 0 Å². The van der Waals surface area contributed by atoms with Gasteiger partial charge in [0.05, 0.1) is 5.56 Å². The van der Waals surface area contributed by atoms with E-state index in [0.717, 1.165) is 43.1 Å². The Morgan fingerprint density at radius 3 is 2.80 bits per heavy atom. The van der Waals surface area contributed by atoms with Crippen LogP contribution in [0.3, 0.4) is 0 Å². The van der Waals surface area contributed by atoms with Crippen molar-refractivity contribution in [3.05, 3.63) is 47.8 Å². The second-order valence-electron chi connectivity index (χ2n) is 6.25. The molecule has 1 aliphatic heterocycles. The molecule has 0 aliphatic carbocycles. The molecule has 3 N–H and O–H groups in total. The maximum Gasteiger partial charge on any atom is 0.335 e. The number of hydrogen-bond donors (Lipinski definition) is 3. The van der Waals surface area contributed by atoms with Gasteiger partial charge in [-0.05, 0) is 36.5 Å². The van der Waals surface area contributed by atoms with Crippen molar-refractivity contribution in [3.63, 3.8) is 0 Å². The summed E-state index contributed by atoms with van der Waals surface area (Å²) in [7, 11) is 0. The second kappa shape index (κ2) is 7.94. The topological polar surface area (TPSA) is 98.6 Å². The van der Waals surface area contributed by atoms with E-state index >= 15 is 0 Å². The van der Waals surface area contributed by atoms with E-state index < -0.39 is 5.97 Å². The van der Waals surface area contributed by atoms with Crippen LogP contribution in [0.25, 0.3) is 0 Å². The number of piperidine rings is 1. The Balaban J connectivity index is 1.62. The predicted molar refractivity (Wildman–Crippen MR) is 94.8 cm³/mol. The van der Waals surface area contributed by atoms with Gasteiger partial charge in [-0.3, -0.25) is 0 Å². The Bertz CT molecular complexity index is 721. The Kier molecular flexibility index (Phi) is 5.45. The molecule has 25 heavy (non-hydrogen) atoms. The van der Waals surface area contributed by atoms with Crippen LogP contribution in [-0.2, 0) is 6.54 Å². The molecular weight excluding hydrogens is 320 g/mol. The summed E-state index contributed by atoms with van der Waals surface area (Å²) in [4.78, 5) is 21.6. The molecule has 7 heteroatoms. The van der Waals surface area contributed by atoms with Gasteiger partial charge >= 0.3 is 5.97 Å². The van der Waals surface area contributed by atoms with Crippen molar-refractivity contribution in [2.75, 3.05) is 29.9 Å². The maximum atomic E-state index is 10.9. The van der Waals surface area contributed by atoms with Gasteiger partial charge in [0.2, 0.25) is 0 Å². The van der Waals surface area contributed by atoms with Crippen molar-refractivity contribution in [3.8, 4) is 0 Å². The van der Waals surface area contributed by atoms with Crippen molar-refractivity contribution in [1.82, 2.24) is 9.97 Å². The molecule has 7 nitrogen and oxygen atoms in total. The van der Waals surface area contributed by atoms with E-state index in [9.17, 15) is 9.90 Å². The average Bonchev–Trinajstić information content (AvgIpc) is 2.67. The molecule has 1 aliphatic rings. The van der Waals surface area contributed by atoms with Crippen molar-refractivity contribution in [2.24, 2.45) is 5.92 Å². The first-order valence-electron chi connectivity index (χ1n) is 8.39. The molecule has 0 radical (unpaired) electrons. The molecule has 0 spiro atoms.